The van der Waals surface area contributed by atoms with E-state index in [0.717, 1.165) is 17.3 Å². The molecule has 4 atom stereocenters. The predicted molar refractivity (Wildman–Crippen MR) is 62.8 cm³/mol. The molecule has 4 fully saturated rings. The number of rotatable bonds is 0. The van der Waals surface area contributed by atoms with Crippen molar-refractivity contribution in [3.63, 3.8) is 0 Å². The molecule has 0 radical (unpaired) electrons. The average molecular weight is 298 g/mol. The summed E-state index contributed by atoms with van der Waals surface area (Å²) in [6, 6.07) is 0. The molecule has 0 aromatic carbocycles. The lowest BCUT2D eigenvalue weighted by atomic mass is 9.68. The molecule has 4 aliphatic rings. The summed E-state index contributed by atoms with van der Waals surface area (Å²) in [5.74, 6) is 0.198. The molecule has 2 aliphatic heterocycles. The smallest absolute Gasteiger partial charge is 0.239 e. The van der Waals surface area contributed by atoms with Crippen LogP contribution in [-0.2, 0) is 14.9 Å². The van der Waals surface area contributed by atoms with E-state index < -0.39 is 25.5 Å². The number of halogens is 2. The van der Waals surface area contributed by atoms with Crippen molar-refractivity contribution >= 4 is 33.2 Å². The standard InChI is InChI=1S/C10H13Cl2NO3S/c1-7(2)6-3-4-8(7)5-17(14,15)13-10(8,16-13)9(6,11)12/h6H,3-5H2,1-2H3/t6-,8+,10-,13?/m1/s1. The minimum absolute atomic E-state index is 0.0823. The van der Waals surface area contributed by atoms with E-state index in [4.69, 9.17) is 28.0 Å². The zero-order valence-corrected chi connectivity index (χ0v) is 11.9. The van der Waals surface area contributed by atoms with Crippen LogP contribution in [0.25, 0.3) is 0 Å². The van der Waals surface area contributed by atoms with Crippen LogP contribution in [0.15, 0.2) is 0 Å². The summed E-state index contributed by atoms with van der Waals surface area (Å²) in [5.41, 5.74) is -1.66. The zero-order chi connectivity index (χ0) is 12.5. The number of fused-ring (bicyclic) bond motifs is 1. The predicted octanol–water partition coefficient (Wildman–Crippen LogP) is 1.88. The van der Waals surface area contributed by atoms with E-state index in [-0.39, 0.29) is 17.1 Å². The second-order valence-corrected chi connectivity index (χ2v) is 9.41. The maximum atomic E-state index is 12.1. The van der Waals surface area contributed by atoms with Crippen molar-refractivity contribution in [1.29, 1.82) is 0 Å². The van der Waals surface area contributed by atoms with Gasteiger partial charge in [0.2, 0.25) is 15.7 Å². The maximum Gasteiger partial charge on any atom is 0.239 e. The third kappa shape index (κ3) is 0.778. The molecule has 4 rings (SSSR count). The van der Waals surface area contributed by atoms with Gasteiger partial charge in [0, 0.05) is 11.3 Å². The van der Waals surface area contributed by atoms with Crippen molar-refractivity contribution in [3.8, 4) is 0 Å². The van der Waals surface area contributed by atoms with E-state index in [1.165, 1.54) is 0 Å². The summed E-state index contributed by atoms with van der Waals surface area (Å²) in [6.07, 6.45) is 1.69. The van der Waals surface area contributed by atoms with E-state index in [1.54, 1.807) is 0 Å². The molecule has 7 heteroatoms. The lowest BCUT2D eigenvalue weighted by Gasteiger charge is -2.36. The second kappa shape index (κ2) is 2.40. The summed E-state index contributed by atoms with van der Waals surface area (Å²) in [4.78, 5) is 5.44. The normalized spacial score (nSPS) is 58.8. The Hall–Kier alpha value is 0.450. The number of hydroxylamine groups is 1. The summed E-state index contributed by atoms with van der Waals surface area (Å²) >= 11 is 13.0. The molecule has 0 aromatic heterocycles. The first-order valence-electron chi connectivity index (χ1n) is 5.74. The van der Waals surface area contributed by atoms with Gasteiger partial charge >= 0.3 is 0 Å². The fourth-order valence-electron chi connectivity index (χ4n) is 4.73. The highest BCUT2D eigenvalue weighted by molar-refractivity contribution is 7.89. The Bertz CT molecular complexity index is 538. The van der Waals surface area contributed by atoms with Crippen LogP contribution in [-0.4, -0.2) is 28.7 Å². The second-order valence-electron chi connectivity index (χ2n) is 6.24. The summed E-state index contributed by atoms with van der Waals surface area (Å²) in [6.45, 7) is 4.14. The molecule has 2 aliphatic carbocycles. The SMILES string of the molecule is CC1(C)[C@H]2CC[C@]13CS(=O)(=O)N1O[C@]13C2(Cl)Cl. The van der Waals surface area contributed by atoms with E-state index in [2.05, 4.69) is 13.8 Å². The van der Waals surface area contributed by atoms with E-state index >= 15 is 0 Å². The number of hydrogen-bond donors (Lipinski definition) is 0. The van der Waals surface area contributed by atoms with E-state index in [0.29, 0.717) is 0 Å². The fraction of sp³-hybridized carbons (Fsp3) is 1.00. The fourth-order valence-corrected chi connectivity index (χ4v) is 8.56. The molecule has 4 nitrogen and oxygen atoms in total. The molecule has 2 saturated heterocycles. The third-order valence-corrected chi connectivity index (χ3v) is 8.36. The number of sulfonamides is 1. The molecule has 0 amide bonds. The number of nitrogens with zero attached hydrogens (tertiary/aromatic N) is 1. The van der Waals surface area contributed by atoms with E-state index in [1.807, 2.05) is 0 Å². The highest BCUT2D eigenvalue weighted by Crippen LogP contribution is 2.85. The molecule has 2 bridgehead atoms. The van der Waals surface area contributed by atoms with Crippen LogP contribution in [0.4, 0.5) is 0 Å². The summed E-state index contributed by atoms with van der Waals surface area (Å²) < 4.78 is 24.1. The molecule has 1 unspecified atom stereocenters. The van der Waals surface area contributed by atoms with Crippen LogP contribution in [0.3, 0.4) is 0 Å². The van der Waals surface area contributed by atoms with Gasteiger partial charge in [-0.25, -0.2) is 8.42 Å². The van der Waals surface area contributed by atoms with Gasteiger partial charge in [-0.1, -0.05) is 37.0 Å². The molecule has 0 N–H and O–H groups in total. The van der Waals surface area contributed by atoms with Crippen LogP contribution in [0.2, 0.25) is 0 Å². The van der Waals surface area contributed by atoms with Crippen LogP contribution in [0.1, 0.15) is 26.7 Å². The molecule has 2 spiro atoms. The Morgan fingerprint density at radius 1 is 1.35 bits per heavy atom. The molecular weight excluding hydrogens is 285 g/mol. The van der Waals surface area contributed by atoms with Crippen molar-refractivity contribution in [2.75, 3.05) is 5.75 Å². The Kier molecular flexibility index (Phi) is 1.59. The molecule has 17 heavy (non-hydrogen) atoms. The van der Waals surface area contributed by atoms with Gasteiger partial charge in [-0.2, -0.15) is 0 Å². The Labute approximate surface area is 110 Å². The van der Waals surface area contributed by atoms with Gasteiger partial charge in [0.15, 0.2) is 4.33 Å². The summed E-state index contributed by atoms with van der Waals surface area (Å²) in [7, 11) is -3.36. The Morgan fingerprint density at radius 3 is 2.53 bits per heavy atom. The minimum atomic E-state index is -3.36. The molecule has 2 saturated carbocycles. The van der Waals surface area contributed by atoms with Crippen molar-refractivity contribution < 1.29 is 13.3 Å². The first kappa shape index (κ1) is 11.3. The number of hydrogen-bond acceptors (Lipinski definition) is 3. The van der Waals surface area contributed by atoms with Crippen molar-refractivity contribution in [3.05, 3.63) is 0 Å². The van der Waals surface area contributed by atoms with Gasteiger partial charge in [-0.05, 0) is 22.7 Å². The highest BCUT2D eigenvalue weighted by atomic mass is 35.5. The van der Waals surface area contributed by atoms with Crippen LogP contribution < -0.4 is 0 Å². The van der Waals surface area contributed by atoms with Gasteiger partial charge < -0.3 is 0 Å². The van der Waals surface area contributed by atoms with Crippen molar-refractivity contribution in [2.24, 2.45) is 16.7 Å². The van der Waals surface area contributed by atoms with Gasteiger partial charge in [0.05, 0.1) is 5.75 Å². The van der Waals surface area contributed by atoms with Gasteiger partial charge in [0.25, 0.3) is 0 Å². The number of alkyl halides is 2. The first-order chi connectivity index (χ1) is 7.64. The molecular formula is C10H13Cl2NO3S. The monoisotopic (exact) mass is 297 g/mol. The van der Waals surface area contributed by atoms with Crippen LogP contribution in [0.5, 0.6) is 0 Å². The lowest BCUT2D eigenvalue weighted by molar-refractivity contribution is 0.0704. The Morgan fingerprint density at radius 2 is 2.00 bits per heavy atom. The summed E-state index contributed by atoms with van der Waals surface area (Å²) in [5, 5.41) is 0. The minimum Gasteiger partial charge on any atom is -0.251 e. The molecule has 0 aromatic rings. The zero-order valence-electron chi connectivity index (χ0n) is 9.53. The molecule has 96 valence electrons. The quantitative estimate of drug-likeness (QED) is 0.507. The van der Waals surface area contributed by atoms with Crippen molar-refractivity contribution in [2.45, 2.75) is 36.7 Å². The van der Waals surface area contributed by atoms with Crippen LogP contribution >= 0.6 is 23.2 Å². The molecule has 2 heterocycles. The van der Waals surface area contributed by atoms with Gasteiger partial charge in [0.1, 0.15) is 0 Å². The topological polar surface area (TPSA) is 49.7 Å². The van der Waals surface area contributed by atoms with Gasteiger partial charge in [-0.15, -0.1) is 0 Å². The average Bonchev–Trinajstić information content (AvgIpc) is 2.78. The Balaban J connectivity index is 2.05. The largest absolute Gasteiger partial charge is 0.251 e. The lowest BCUT2D eigenvalue weighted by Crippen LogP contribution is -2.48. The first-order valence-corrected chi connectivity index (χ1v) is 8.10. The third-order valence-electron chi connectivity index (χ3n) is 5.62. The van der Waals surface area contributed by atoms with Crippen molar-refractivity contribution in [1.82, 2.24) is 4.47 Å². The maximum absolute atomic E-state index is 12.1. The van der Waals surface area contributed by atoms with Crippen LogP contribution in [0, 0.1) is 16.7 Å². The van der Waals surface area contributed by atoms with Gasteiger partial charge in [-0.3, -0.25) is 4.84 Å². The van der Waals surface area contributed by atoms with E-state index in [9.17, 15) is 8.42 Å². The highest BCUT2D eigenvalue weighted by Gasteiger charge is 2.97.